The molecule has 2 aromatic heterocycles. The second-order valence-electron chi connectivity index (χ2n) is 7.53. The van der Waals surface area contributed by atoms with Crippen molar-refractivity contribution in [2.45, 2.75) is 25.3 Å². The third kappa shape index (κ3) is 4.66. The summed E-state index contributed by atoms with van der Waals surface area (Å²) in [6.45, 7) is 2.29. The van der Waals surface area contributed by atoms with Gasteiger partial charge in [0, 0.05) is 25.2 Å². The molecule has 1 aromatic carbocycles. The number of pyridine rings is 1. The van der Waals surface area contributed by atoms with E-state index in [9.17, 15) is 9.59 Å². The number of aromatic nitrogens is 4. The maximum Gasteiger partial charge on any atom is 0.348 e. The van der Waals surface area contributed by atoms with Gasteiger partial charge in [-0.05, 0) is 55.8 Å². The molecule has 1 aliphatic heterocycles. The second kappa shape index (κ2) is 9.13. The number of nitrogens with zero attached hydrogens (tertiary/aromatic N) is 4. The van der Waals surface area contributed by atoms with Crippen molar-refractivity contribution < 1.29 is 14.3 Å². The number of aromatic amines is 1. The number of carbonyl (C=O) groups excluding carboxylic acids is 1. The summed E-state index contributed by atoms with van der Waals surface area (Å²) >= 11 is 0. The van der Waals surface area contributed by atoms with Gasteiger partial charge in [-0.3, -0.25) is 14.9 Å². The van der Waals surface area contributed by atoms with Crippen molar-refractivity contribution in [1.29, 1.82) is 0 Å². The lowest BCUT2D eigenvalue weighted by molar-refractivity contribution is 0.0600. The van der Waals surface area contributed by atoms with E-state index in [0.717, 1.165) is 37.4 Å². The Hall–Kier alpha value is -3.46. The number of hydrogen-bond donors (Lipinski definition) is 1. The first-order chi connectivity index (χ1) is 15.1. The number of hydrogen-bond acceptors (Lipinski definition) is 7. The monoisotopic (exact) mass is 423 g/mol. The van der Waals surface area contributed by atoms with Crippen molar-refractivity contribution >= 4 is 5.97 Å². The molecule has 0 amide bonds. The third-order valence-corrected chi connectivity index (χ3v) is 5.47. The summed E-state index contributed by atoms with van der Waals surface area (Å²) in [4.78, 5) is 33.8. The lowest BCUT2D eigenvalue weighted by Gasteiger charge is -2.31. The standard InChI is InChI=1S/C22H25N5O4/c1-30-19-7-5-18(6-8-19)27-22(29)24-20(25-27)16-4-3-11-26(13-16)14-17-12-15(9-10-23-17)21(28)31-2/h5-10,12,16H,3-4,11,13-14H2,1-2H3,(H,24,25,29). The van der Waals surface area contributed by atoms with Crippen LogP contribution in [0.25, 0.3) is 5.69 Å². The molecular weight excluding hydrogens is 398 g/mol. The van der Waals surface area contributed by atoms with Gasteiger partial charge in [0.2, 0.25) is 0 Å². The zero-order valence-electron chi connectivity index (χ0n) is 17.6. The van der Waals surface area contributed by atoms with E-state index in [1.807, 2.05) is 0 Å². The predicted molar refractivity (Wildman–Crippen MR) is 114 cm³/mol. The van der Waals surface area contributed by atoms with Gasteiger partial charge in [0.05, 0.1) is 31.2 Å². The van der Waals surface area contributed by atoms with Gasteiger partial charge in [-0.25, -0.2) is 9.59 Å². The SMILES string of the molecule is COC(=O)c1ccnc(CN2CCCC(c3nn(-c4ccc(OC)cc4)c(=O)[nH]3)C2)c1. The Kier molecular flexibility index (Phi) is 6.13. The number of H-pyrrole nitrogens is 1. The lowest BCUT2D eigenvalue weighted by atomic mass is 9.97. The van der Waals surface area contributed by atoms with Gasteiger partial charge in [0.15, 0.2) is 0 Å². The molecule has 31 heavy (non-hydrogen) atoms. The highest BCUT2D eigenvalue weighted by atomic mass is 16.5. The van der Waals surface area contributed by atoms with E-state index in [-0.39, 0.29) is 17.6 Å². The summed E-state index contributed by atoms with van der Waals surface area (Å²) in [6, 6.07) is 10.6. The van der Waals surface area contributed by atoms with Gasteiger partial charge in [0.1, 0.15) is 11.6 Å². The quantitative estimate of drug-likeness (QED) is 0.606. The normalized spacial score (nSPS) is 16.8. The minimum Gasteiger partial charge on any atom is -0.497 e. The number of rotatable bonds is 6. The van der Waals surface area contributed by atoms with Crippen LogP contribution in [-0.2, 0) is 11.3 Å². The molecule has 9 nitrogen and oxygen atoms in total. The molecule has 1 aliphatic rings. The number of esters is 1. The fourth-order valence-corrected chi connectivity index (χ4v) is 3.88. The molecule has 1 atom stereocenters. The summed E-state index contributed by atoms with van der Waals surface area (Å²) in [5.41, 5.74) is 1.72. The van der Waals surface area contributed by atoms with Crippen LogP contribution < -0.4 is 10.4 Å². The molecule has 3 heterocycles. The van der Waals surface area contributed by atoms with Gasteiger partial charge in [-0.2, -0.15) is 4.68 Å². The maximum absolute atomic E-state index is 12.5. The van der Waals surface area contributed by atoms with Gasteiger partial charge < -0.3 is 9.47 Å². The van der Waals surface area contributed by atoms with E-state index in [4.69, 9.17) is 9.47 Å². The minimum atomic E-state index is -0.373. The topological polar surface area (TPSA) is 102 Å². The van der Waals surface area contributed by atoms with E-state index < -0.39 is 0 Å². The summed E-state index contributed by atoms with van der Waals surface area (Å²) < 4.78 is 11.3. The van der Waals surface area contributed by atoms with E-state index in [1.54, 1.807) is 49.7 Å². The molecule has 0 aliphatic carbocycles. The van der Waals surface area contributed by atoms with Crippen LogP contribution in [0.5, 0.6) is 5.75 Å². The molecule has 0 radical (unpaired) electrons. The van der Waals surface area contributed by atoms with Gasteiger partial charge in [-0.15, -0.1) is 5.10 Å². The first kappa shape index (κ1) is 20.8. The molecule has 162 valence electrons. The number of methoxy groups -OCH3 is 2. The van der Waals surface area contributed by atoms with Crippen molar-refractivity contribution in [2.75, 3.05) is 27.3 Å². The maximum atomic E-state index is 12.5. The van der Waals surface area contributed by atoms with Crippen LogP contribution in [0.15, 0.2) is 47.4 Å². The molecule has 1 N–H and O–H groups in total. The summed E-state index contributed by atoms with van der Waals surface area (Å²) in [5, 5.41) is 4.55. The van der Waals surface area contributed by atoms with Crippen molar-refractivity contribution in [3.05, 3.63) is 70.2 Å². The smallest absolute Gasteiger partial charge is 0.348 e. The molecule has 0 bridgehead atoms. The van der Waals surface area contributed by atoms with E-state index in [0.29, 0.717) is 23.6 Å². The molecule has 3 aromatic rings. The number of benzene rings is 1. The summed E-state index contributed by atoms with van der Waals surface area (Å²) in [7, 11) is 2.97. The fourth-order valence-electron chi connectivity index (χ4n) is 3.88. The highest BCUT2D eigenvalue weighted by Gasteiger charge is 2.25. The van der Waals surface area contributed by atoms with Crippen LogP contribution in [-0.4, -0.2) is 57.9 Å². The molecule has 9 heteroatoms. The molecule has 4 rings (SSSR count). The van der Waals surface area contributed by atoms with Crippen LogP contribution in [0.1, 0.15) is 40.6 Å². The number of nitrogens with one attached hydrogen (secondary N) is 1. The minimum absolute atomic E-state index is 0.115. The Morgan fingerprint density at radius 3 is 2.77 bits per heavy atom. The van der Waals surface area contributed by atoms with Crippen LogP contribution in [0.4, 0.5) is 0 Å². The van der Waals surface area contributed by atoms with Crippen LogP contribution in [0.3, 0.4) is 0 Å². The number of carbonyl (C=O) groups is 1. The highest BCUT2D eigenvalue weighted by Crippen LogP contribution is 2.25. The first-order valence-corrected chi connectivity index (χ1v) is 10.2. The Balaban J connectivity index is 1.48. The molecule has 1 unspecified atom stereocenters. The van der Waals surface area contributed by atoms with Crippen LogP contribution in [0, 0.1) is 0 Å². The molecule has 1 fully saturated rings. The van der Waals surface area contributed by atoms with E-state index in [1.165, 1.54) is 11.8 Å². The highest BCUT2D eigenvalue weighted by molar-refractivity contribution is 5.89. The third-order valence-electron chi connectivity index (χ3n) is 5.47. The zero-order chi connectivity index (χ0) is 21.8. The Labute approximate surface area is 179 Å². The first-order valence-electron chi connectivity index (χ1n) is 10.2. The van der Waals surface area contributed by atoms with E-state index >= 15 is 0 Å². The van der Waals surface area contributed by atoms with Gasteiger partial charge >= 0.3 is 11.7 Å². The van der Waals surface area contributed by atoms with Gasteiger partial charge in [0.25, 0.3) is 0 Å². The fraction of sp³-hybridized carbons (Fsp3) is 0.364. The number of ether oxygens (including phenoxy) is 2. The van der Waals surface area contributed by atoms with Crippen molar-refractivity contribution in [1.82, 2.24) is 24.6 Å². The lowest BCUT2D eigenvalue weighted by Crippen LogP contribution is -2.34. The van der Waals surface area contributed by atoms with Gasteiger partial charge in [-0.1, -0.05) is 0 Å². The Bertz CT molecular complexity index is 1110. The molecular formula is C22H25N5O4. The number of likely N-dealkylation sites (tertiary alicyclic amines) is 1. The van der Waals surface area contributed by atoms with Crippen molar-refractivity contribution in [3.8, 4) is 11.4 Å². The second-order valence-corrected chi connectivity index (χ2v) is 7.53. The molecule has 0 spiro atoms. The zero-order valence-corrected chi connectivity index (χ0v) is 17.6. The average molecular weight is 423 g/mol. The Morgan fingerprint density at radius 1 is 1.23 bits per heavy atom. The summed E-state index contributed by atoms with van der Waals surface area (Å²) in [5.74, 6) is 1.15. The molecule has 1 saturated heterocycles. The van der Waals surface area contributed by atoms with Crippen molar-refractivity contribution in [3.63, 3.8) is 0 Å². The van der Waals surface area contributed by atoms with E-state index in [2.05, 4.69) is 20.0 Å². The predicted octanol–water partition coefficient (Wildman–Crippen LogP) is 2.13. The van der Waals surface area contributed by atoms with Crippen molar-refractivity contribution in [2.24, 2.45) is 0 Å². The van der Waals surface area contributed by atoms with Crippen LogP contribution >= 0.6 is 0 Å². The number of piperidine rings is 1. The van der Waals surface area contributed by atoms with Crippen LogP contribution in [0.2, 0.25) is 0 Å². The molecule has 0 saturated carbocycles. The Morgan fingerprint density at radius 2 is 2.03 bits per heavy atom. The largest absolute Gasteiger partial charge is 0.497 e. The summed E-state index contributed by atoms with van der Waals surface area (Å²) in [6.07, 6.45) is 3.55. The average Bonchev–Trinajstić information content (AvgIpc) is 3.20.